The number of nitrogens with one attached hydrogen (secondary N) is 1. The Kier molecular flexibility index (Phi) is 7.34. The Morgan fingerprint density at radius 2 is 2.14 bits per heavy atom. The summed E-state index contributed by atoms with van der Waals surface area (Å²) < 4.78 is 24.8. The van der Waals surface area contributed by atoms with Crippen LogP contribution in [0.5, 0.6) is 5.75 Å². The molecule has 1 fully saturated rings. The molecule has 1 atom stereocenters. The van der Waals surface area contributed by atoms with E-state index in [0.717, 1.165) is 42.3 Å². The molecule has 2 heterocycles. The first-order chi connectivity index (χ1) is 13.7. The third-order valence-corrected chi connectivity index (χ3v) is 5.52. The molecule has 0 aliphatic carbocycles. The van der Waals surface area contributed by atoms with Crippen LogP contribution in [0.3, 0.4) is 0 Å². The van der Waals surface area contributed by atoms with Gasteiger partial charge < -0.3 is 19.7 Å². The number of rotatable bonds is 3. The fraction of sp³-hybridized carbons (Fsp3) is 0.409. The smallest absolute Gasteiger partial charge is 0.193 e. The molecule has 2 aromatic carbocycles. The SMILES string of the molecule is CN=C(NCc1cc(F)cc2c1OCOC2)N1CCC(c2ccccc2C)C1.I. The van der Waals surface area contributed by atoms with Crippen LogP contribution < -0.4 is 10.1 Å². The molecule has 0 saturated carbocycles. The number of nitrogens with zero attached hydrogens (tertiary/aromatic N) is 2. The summed E-state index contributed by atoms with van der Waals surface area (Å²) in [5, 5.41) is 3.38. The molecule has 0 spiro atoms. The highest BCUT2D eigenvalue weighted by atomic mass is 127. The van der Waals surface area contributed by atoms with Crippen molar-refractivity contribution < 1.29 is 13.9 Å². The number of aryl methyl sites for hydroxylation is 1. The number of benzene rings is 2. The van der Waals surface area contributed by atoms with Gasteiger partial charge in [0.25, 0.3) is 0 Å². The summed E-state index contributed by atoms with van der Waals surface area (Å²) in [4.78, 5) is 6.71. The minimum atomic E-state index is -0.277. The molecule has 0 bridgehead atoms. The van der Waals surface area contributed by atoms with Gasteiger partial charge in [-0.15, -0.1) is 24.0 Å². The Morgan fingerprint density at radius 3 is 2.93 bits per heavy atom. The third-order valence-electron chi connectivity index (χ3n) is 5.52. The van der Waals surface area contributed by atoms with E-state index in [-0.39, 0.29) is 36.6 Å². The van der Waals surface area contributed by atoms with Gasteiger partial charge >= 0.3 is 0 Å². The van der Waals surface area contributed by atoms with E-state index < -0.39 is 0 Å². The lowest BCUT2D eigenvalue weighted by Crippen LogP contribution is -2.39. The van der Waals surface area contributed by atoms with Crippen molar-refractivity contribution in [2.75, 3.05) is 26.9 Å². The van der Waals surface area contributed by atoms with Gasteiger partial charge in [-0.1, -0.05) is 24.3 Å². The van der Waals surface area contributed by atoms with Crippen molar-refractivity contribution >= 4 is 29.9 Å². The van der Waals surface area contributed by atoms with Crippen LogP contribution in [0, 0.1) is 12.7 Å². The lowest BCUT2D eigenvalue weighted by atomic mass is 9.94. The van der Waals surface area contributed by atoms with Crippen molar-refractivity contribution in [1.29, 1.82) is 0 Å². The molecule has 1 unspecified atom stereocenters. The standard InChI is InChI=1S/C22H26FN3O2.HI/c1-15-5-3-4-6-20(15)16-7-8-26(12-16)22(24-2)25-11-17-9-19(23)10-18-13-27-14-28-21(17)18;/h3-6,9-10,16H,7-8,11-14H2,1-2H3,(H,24,25);1H. The van der Waals surface area contributed by atoms with Crippen LogP contribution in [0.4, 0.5) is 4.39 Å². The number of fused-ring (bicyclic) bond motifs is 1. The molecule has 0 aromatic heterocycles. The van der Waals surface area contributed by atoms with Crippen molar-refractivity contribution in [1.82, 2.24) is 10.2 Å². The molecule has 7 heteroatoms. The Balaban J connectivity index is 0.00000240. The lowest BCUT2D eigenvalue weighted by molar-refractivity contribution is -0.0173. The molecule has 1 saturated heterocycles. The molecule has 0 radical (unpaired) electrons. The molecule has 156 valence electrons. The number of hydrogen-bond acceptors (Lipinski definition) is 3. The van der Waals surface area contributed by atoms with Crippen LogP contribution in [0.1, 0.15) is 34.6 Å². The summed E-state index contributed by atoms with van der Waals surface area (Å²) in [5.41, 5.74) is 4.28. The fourth-order valence-electron chi connectivity index (χ4n) is 4.15. The van der Waals surface area contributed by atoms with Gasteiger partial charge in [-0.3, -0.25) is 4.99 Å². The molecule has 2 aliphatic rings. The van der Waals surface area contributed by atoms with E-state index in [1.165, 1.54) is 23.3 Å². The maximum Gasteiger partial charge on any atom is 0.193 e. The Labute approximate surface area is 188 Å². The zero-order valence-electron chi connectivity index (χ0n) is 16.8. The minimum Gasteiger partial charge on any atom is -0.467 e. The number of likely N-dealkylation sites (tertiary alicyclic amines) is 1. The third kappa shape index (κ3) is 4.83. The molecule has 2 aromatic rings. The largest absolute Gasteiger partial charge is 0.467 e. The summed E-state index contributed by atoms with van der Waals surface area (Å²) in [6, 6.07) is 11.6. The van der Waals surface area contributed by atoms with Gasteiger partial charge in [0.15, 0.2) is 12.8 Å². The first-order valence-electron chi connectivity index (χ1n) is 9.68. The number of hydrogen-bond donors (Lipinski definition) is 1. The van der Waals surface area contributed by atoms with E-state index in [1.54, 1.807) is 7.05 Å². The predicted octanol–water partition coefficient (Wildman–Crippen LogP) is 4.18. The highest BCUT2D eigenvalue weighted by Crippen LogP contribution is 2.31. The van der Waals surface area contributed by atoms with E-state index in [2.05, 4.69) is 46.4 Å². The number of aliphatic imine (C=N–C) groups is 1. The van der Waals surface area contributed by atoms with E-state index in [1.807, 2.05) is 0 Å². The molecule has 29 heavy (non-hydrogen) atoms. The van der Waals surface area contributed by atoms with Crippen LogP contribution in [0.25, 0.3) is 0 Å². The summed E-state index contributed by atoms with van der Waals surface area (Å²) in [6.45, 7) is 5.07. The minimum absolute atomic E-state index is 0. The summed E-state index contributed by atoms with van der Waals surface area (Å²) in [6.07, 6.45) is 1.10. The summed E-state index contributed by atoms with van der Waals surface area (Å²) in [5.74, 6) is 1.78. The second kappa shape index (κ2) is 9.75. The van der Waals surface area contributed by atoms with Gasteiger partial charge in [-0.2, -0.15) is 0 Å². The average molecular weight is 511 g/mol. The molecular weight excluding hydrogens is 484 g/mol. The van der Waals surface area contributed by atoms with Crippen LogP contribution in [-0.4, -0.2) is 37.8 Å². The van der Waals surface area contributed by atoms with Crippen LogP contribution >= 0.6 is 24.0 Å². The molecule has 4 rings (SSSR count). The second-order valence-corrected chi connectivity index (χ2v) is 7.35. The zero-order valence-corrected chi connectivity index (χ0v) is 19.1. The van der Waals surface area contributed by atoms with Crippen molar-refractivity contribution in [2.45, 2.75) is 32.4 Å². The first kappa shape index (κ1) is 21.8. The molecular formula is C22H27FIN3O2. The van der Waals surface area contributed by atoms with Gasteiger partial charge in [0.2, 0.25) is 0 Å². The monoisotopic (exact) mass is 511 g/mol. The van der Waals surface area contributed by atoms with Gasteiger partial charge in [0, 0.05) is 43.7 Å². The average Bonchev–Trinajstić information content (AvgIpc) is 3.18. The first-order valence-corrected chi connectivity index (χ1v) is 9.68. The normalized spacial score (nSPS) is 18.7. The van der Waals surface area contributed by atoms with Gasteiger partial charge in [-0.05, 0) is 36.6 Å². The van der Waals surface area contributed by atoms with Crippen molar-refractivity contribution in [3.05, 3.63) is 64.5 Å². The molecule has 5 nitrogen and oxygen atoms in total. The summed E-state index contributed by atoms with van der Waals surface area (Å²) in [7, 11) is 1.79. The van der Waals surface area contributed by atoms with Crippen molar-refractivity contribution in [2.24, 2.45) is 4.99 Å². The van der Waals surface area contributed by atoms with E-state index in [0.29, 0.717) is 19.1 Å². The Morgan fingerprint density at radius 1 is 1.31 bits per heavy atom. The highest BCUT2D eigenvalue weighted by molar-refractivity contribution is 14.0. The molecule has 2 aliphatic heterocycles. The van der Waals surface area contributed by atoms with Crippen LogP contribution in [0.2, 0.25) is 0 Å². The van der Waals surface area contributed by atoms with Crippen LogP contribution in [-0.2, 0) is 17.9 Å². The van der Waals surface area contributed by atoms with Crippen molar-refractivity contribution in [3.8, 4) is 5.75 Å². The zero-order chi connectivity index (χ0) is 19.5. The summed E-state index contributed by atoms with van der Waals surface area (Å²) >= 11 is 0. The molecule has 1 N–H and O–H groups in total. The van der Waals surface area contributed by atoms with Gasteiger partial charge in [0.05, 0.1) is 6.61 Å². The Bertz CT molecular complexity index is 890. The fourth-order valence-corrected chi connectivity index (χ4v) is 4.15. The van der Waals surface area contributed by atoms with Crippen LogP contribution in [0.15, 0.2) is 41.4 Å². The van der Waals surface area contributed by atoms with E-state index >= 15 is 0 Å². The van der Waals surface area contributed by atoms with E-state index in [4.69, 9.17) is 9.47 Å². The van der Waals surface area contributed by atoms with Gasteiger partial charge in [0.1, 0.15) is 11.6 Å². The highest BCUT2D eigenvalue weighted by Gasteiger charge is 2.27. The number of ether oxygens (including phenoxy) is 2. The Hall–Kier alpha value is -1.87. The maximum absolute atomic E-state index is 14.0. The van der Waals surface area contributed by atoms with Crippen molar-refractivity contribution in [3.63, 3.8) is 0 Å². The lowest BCUT2D eigenvalue weighted by Gasteiger charge is -2.24. The van der Waals surface area contributed by atoms with Gasteiger partial charge in [-0.25, -0.2) is 4.39 Å². The quantitative estimate of drug-likeness (QED) is 0.382. The number of halogens is 2. The molecule has 0 amide bonds. The predicted molar refractivity (Wildman–Crippen MR) is 122 cm³/mol. The van der Waals surface area contributed by atoms with E-state index in [9.17, 15) is 4.39 Å². The topological polar surface area (TPSA) is 46.1 Å². The second-order valence-electron chi connectivity index (χ2n) is 7.35. The maximum atomic E-state index is 14.0. The number of guanidine groups is 1.